The molecule has 0 aliphatic rings. The molecule has 1 aromatic rings. The molecule has 5 nitrogen and oxygen atoms in total. The van der Waals surface area contributed by atoms with Crippen LogP contribution >= 0.6 is 0 Å². The van der Waals surface area contributed by atoms with Gasteiger partial charge in [-0.1, -0.05) is 6.92 Å². The Hall–Kier alpha value is -1.78. The summed E-state index contributed by atoms with van der Waals surface area (Å²) in [5.41, 5.74) is 3.84. The first-order chi connectivity index (χ1) is 6.49. The van der Waals surface area contributed by atoms with Crippen molar-refractivity contribution in [2.45, 2.75) is 20.3 Å². The maximum Gasteiger partial charge on any atom is 0.255 e. The van der Waals surface area contributed by atoms with E-state index in [1.54, 1.807) is 6.92 Å². The second-order valence-corrected chi connectivity index (χ2v) is 2.89. The molecule has 1 aromatic carbocycles. The normalized spacial score (nSPS) is 12.0. The minimum atomic E-state index is -0.720. The Bertz CT molecular complexity index is 478. The second kappa shape index (κ2) is 3.53. The van der Waals surface area contributed by atoms with E-state index in [1.165, 1.54) is 6.92 Å². The van der Waals surface area contributed by atoms with E-state index in [2.05, 4.69) is 4.99 Å². The van der Waals surface area contributed by atoms with Gasteiger partial charge >= 0.3 is 0 Å². The van der Waals surface area contributed by atoms with Crippen LogP contribution in [-0.4, -0.2) is 11.5 Å². The van der Waals surface area contributed by atoms with E-state index in [-0.39, 0.29) is 22.9 Å². The van der Waals surface area contributed by atoms with Gasteiger partial charge in [0.2, 0.25) is 0 Å². The summed E-state index contributed by atoms with van der Waals surface area (Å²) in [7, 11) is 0. The maximum atomic E-state index is 11.0. The fourth-order valence-electron chi connectivity index (χ4n) is 1.05. The van der Waals surface area contributed by atoms with Crippen molar-refractivity contribution in [1.82, 2.24) is 0 Å². The van der Waals surface area contributed by atoms with Crippen LogP contribution < -0.4 is 16.6 Å². The van der Waals surface area contributed by atoms with Gasteiger partial charge in [0.15, 0.2) is 5.78 Å². The number of carbonyl (C=O) groups is 1. The zero-order valence-electron chi connectivity index (χ0n) is 7.96. The van der Waals surface area contributed by atoms with Gasteiger partial charge in [0.1, 0.15) is 11.4 Å². The van der Waals surface area contributed by atoms with Crippen molar-refractivity contribution in [2.24, 2.45) is 4.99 Å². The zero-order chi connectivity index (χ0) is 10.9. The molecule has 0 unspecified atom stereocenters. The molecular weight excluding hydrogens is 184 g/mol. The lowest BCUT2D eigenvalue weighted by atomic mass is 10.1. The molecular formula is C9H10N2O3. The monoisotopic (exact) mass is 194 g/mol. The second-order valence-electron chi connectivity index (χ2n) is 2.89. The van der Waals surface area contributed by atoms with Crippen LogP contribution in [0.2, 0.25) is 0 Å². The van der Waals surface area contributed by atoms with Crippen molar-refractivity contribution in [2.75, 3.05) is 5.73 Å². The van der Waals surface area contributed by atoms with Gasteiger partial charge in [-0.05, 0) is 6.42 Å². The summed E-state index contributed by atoms with van der Waals surface area (Å²) in [5, 5.41) is 0. The van der Waals surface area contributed by atoms with E-state index in [0.29, 0.717) is 6.42 Å². The first kappa shape index (κ1) is 10.3. The molecule has 0 aromatic heterocycles. The van der Waals surface area contributed by atoms with Crippen LogP contribution in [0.1, 0.15) is 20.3 Å². The van der Waals surface area contributed by atoms with Crippen molar-refractivity contribution in [3.05, 3.63) is 20.4 Å². The number of ketones is 1. The molecule has 0 aliphatic heterocycles. The van der Waals surface area contributed by atoms with Gasteiger partial charge in [0.25, 0.3) is 10.9 Å². The molecule has 1 rings (SSSR count). The molecule has 5 heteroatoms. The third kappa shape index (κ3) is 1.48. The summed E-state index contributed by atoms with van der Waals surface area (Å²) < 4.78 is 0. The Morgan fingerprint density at radius 1 is 1.36 bits per heavy atom. The van der Waals surface area contributed by atoms with Crippen molar-refractivity contribution in [1.29, 1.82) is 0 Å². The van der Waals surface area contributed by atoms with E-state index in [9.17, 15) is 14.4 Å². The van der Waals surface area contributed by atoms with E-state index in [4.69, 9.17) is 5.73 Å². The average Bonchev–Trinajstić information content (AvgIpc) is 2.17. The van der Waals surface area contributed by atoms with Crippen molar-refractivity contribution in [3.63, 3.8) is 0 Å². The highest BCUT2D eigenvalue weighted by molar-refractivity contribution is 6.39. The topological polar surface area (TPSA) is 89.6 Å². The summed E-state index contributed by atoms with van der Waals surface area (Å²) in [5.74, 6) is -0.222. The fourth-order valence-corrected chi connectivity index (χ4v) is 1.05. The predicted octanol–water partition coefficient (Wildman–Crippen LogP) is -0.0637. The van der Waals surface area contributed by atoms with Crippen LogP contribution in [0.15, 0.2) is 14.6 Å². The van der Waals surface area contributed by atoms with Gasteiger partial charge in [0, 0.05) is 6.92 Å². The summed E-state index contributed by atoms with van der Waals surface area (Å²) >= 11 is 0. The molecule has 0 aliphatic carbocycles. The number of aliphatic imine (C=N–C) groups is 1. The lowest BCUT2D eigenvalue weighted by molar-refractivity contribution is -0.111. The molecule has 0 atom stereocenters. The molecule has 0 fully saturated rings. The smallest absolute Gasteiger partial charge is 0.255 e. The van der Waals surface area contributed by atoms with E-state index in [0.717, 1.165) is 0 Å². The lowest BCUT2D eigenvalue weighted by Crippen LogP contribution is -2.33. The average molecular weight is 194 g/mol. The fraction of sp³-hybridized carbons (Fsp3) is 0.333. The van der Waals surface area contributed by atoms with Crippen LogP contribution in [0.3, 0.4) is 0 Å². The number of anilines is 1. The summed E-state index contributed by atoms with van der Waals surface area (Å²) in [6, 6.07) is 0. The predicted molar refractivity (Wildman–Crippen MR) is 53.8 cm³/mol. The lowest BCUT2D eigenvalue weighted by Gasteiger charge is -2.02. The first-order valence-electron chi connectivity index (χ1n) is 4.16. The molecule has 0 spiro atoms. The highest BCUT2D eigenvalue weighted by Gasteiger charge is 2.18. The van der Waals surface area contributed by atoms with Gasteiger partial charge in [-0.15, -0.1) is 0 Å². The van der Waals surface area contributed by atoms with E-state index < -0.39 is 10.9 Å². The van der Waals surface area contributed by atoms with Gasteiger partial charge in [-0.25, -0.2) is 4.99 Å². The number of carbonyl (C=O) groups excluding carboxylic acids is 1. The van der Waals surface area contributed by atoms with Crippen molar-refractivity contribution >= 4 is 22.9 Å². The molecule has 0 radical (unpaired) electrons. The largest absolute Gasteiger partial charge is 0.394 e. The van der Waals surface area contributed by atoms with Gasteiger partial charge in [-0.2, -0.15) is 0 Å². The van der Waals surface area contributed by atoms with Gasteiger partial charge < -0.3 is 5.73 Å². The number of hydrogen-bond acceptors (Lipinski definition) is 5. The summed E-state index contributed by atoms with van der Waals surface area (Å²) in [6.07, 6.45) is 0.410. The third-order valence-corrected chi connectivity index (χ3v) is 1.91. The number of rotatable bonds is 3. The van der Waals surface area contributed by atoms with Crippen LogP contribution in [0.5, 0.6) is 0 Å². The minimum Gasteiger partial charge on any atom is -0.394 e. The Morgan fingerprint density at radius 3 is 2.29 bits per heavy atom. The third-order valence-electron chi connectivity index (χ3n) is 1.91. The van der Waals surface area contributed by atoms with Crippen LogP contribution in [0.25, 0.3) is 0 Å². The number of nitrogens with two attached hydrogens (primary N) is 1. The molecule has 0 saturated carbocycles. The summed E-state index contributed by atoms with van der Waals surface area (Å²) in [6.45, 7) is 3.09. The molecule has 0 heterocycles. The first-order valence-corrected chi connectivity index (χ1v) is 4.16. The highest BCUT2D eigenvalue weighted by Crippen LogP contribution is 2.14. The van der Waals surface area contributed by atoms with Gasteiger partial charge in [-0.3, -0.25) is 14.4 Å². The van der Waals surface area contributed by atoms with Crippen molar-refractivity contribution in [3.8, 4) is 0 Å². The van der Waals surface area contributed by atoms with E-state index >= 15 is 0 Å². The molecule has 0 bridgehead atoms. The number of Topliss-reactive ketones (excluding diaryl/α,β-unsaturated/α-hetero) is 1. The number of nitrogens with zero attached hydrogens (tertiary/aromatic N) is 1. The summed E-state index contributed by atoms with van der Waals surface area (Å²) in [4.78, 5) is 36.4. The molecule has 0 saturated heterocycles. The SMILES string of the molecule is CCC(=Nc1c(N)c(=O)c1=O)C(C)=O. The molecule has 2 N–H and O–H groups in total. The van der Waals surface area contributed by atoms with Gasteiger partial charge in [0.05, 0.1) is 5.71 Å². The Morgan fingerprint density at radius 2 is 1.93 bits per heavy atom. The van der Waals surface area contributed by atoms with E-state index in [1.807, 2.05) is 0 Å². The molecule has 74 valence electrons. The standard InChI is InChI=1S/C9H10N2O3/c1-3-5(4(2)12)11-7-6(10)8(13)9(7)14/h3,10H2,1-2H3. The number of nitrogen functional groups attached to an aromatic ring is 1. The van der Waals surface area contributed by atoms with Crippen LogP contribution in [-0.2, 0) is 4.79 Å². The maximum absolute atomic E-state index is 11.0. The van der Waals surface area contributed by atoms with Crippen molar-refractivity contribution < 1.29 is 4.79 Å². The quantitative estimate of drug-likeness (QED) is 0.539. The van der Waals surface area contributed by atoms with Crippen LogP contribution in [0.4, 0.5) is 11.4 Å². The molecule has 0 amide bonds. The van der Waals surface area contributed by atoms with Crippen LogP contribution in [0, 0.1) is 0 Å². The highest BCUT2D eigenvalue weighted by atomic mass is 16.2. The molecule has 14 heavy (non-hydrogen) atoms. The zero-order valence-corrected chi connectivity index (χ0v) is 7.96. The minimum absolute atomic E-state index is 0.0814. The Balaban J connectivity index is 3.16. The Kier molecular flexibility index (Phi) is 2.60. The Labute approximate surface area is 80.0 Å². The number of hydrogen-bond donors (Lipinski definition) is 1.